The molecule has 0 radical (unpaired) electrons. The minimum atomic E-state index is -0.152. The molecule has 1 amide bonds. The lowest BCUT2D eigenvalue weighted by molar-refractivity contribution is 0.102. The van der Waals surface area contributed by atoms with Crippen LogP contribution in [0.1, 0.15) is 42.1 Å². The third kappa shape index (κ3) is 3.67. The molecule has 0 saturated heterocycles. The fourth-order valence-electron chi connectivity index (χ4n) is 1.84. The molecule has 0 aliphatic carbocycles. The number of nitrogens with zero attached hydrogens (tertiary/aromatic N) is 1. The van der Waals surface area contributed by atoms with E-state index in [4.69, 9.17) is 0 Å². The van der Waals surface area contributed by atoms with Crippen LogP contribution in [0.15, 0.2) is 47.2 Å². The average molecular weight is 333 g/mol. The van der Waals surface area contributed by atoms with Gasteiger partial charge in [0.2, 0.25) is 0 Å². The third-order valence-electron chi connectivity index (χ3n) is 3.34. The Balaban J connectivity index is 2.06. The molecule has 1 aromatic heterocycles. The number of carbonyl (C=O) groups is 1. The lowest BCUT2D eigenvalue weighted by atomic mass is 9.99. The lowest BCUT2D eigenvalue weighted by Gasteiger charge is -2.10. The number of halogens is 1. The number of pyridine rings is 1. The maximum absolute atomic E-state index is 12.0. The van der Waals surface area contributed by atoms with Gasteiger partial charge in [-0.3, -0.25) is 4.79 Å². The van der Waals surface area contributed by atoms with Crippen LogP contribution in [0.5, 0.6) is 0 Å². The number of amides is 1. The summed E-state index contributed by atoms with van der Waals surface area (Å²) in [6.07, 6.45) is 2.66. The Morgan fingerprint density at radius 3 is 2.50 bits per heavy atom. The van der Waals surface area contributed by atoms with Crippen LogP contribution in [0.25, 0.3) is 0 Å². The molecule has 1 heterocycles. The van der Waals surface area contributed by atoms with E-state index in [0.717, 1.165) is 12.1 Å². The zero-order valence-corrected chi connectivity index (χ0v) is 13.1. The minimum absolute atomic E-state index is 0.152. The van der Waals surface area contributed by atoms with Gasteiger partial charge >= 0.3 is 0 Å². The van der Waals surface area contributed by atoms with Crippen molar-refractivity contribution in [2.45, 2.75) is 26.2 Å². The second-order valence-corrected chi connectivity index (χ2v) is 5.57. The molecule has 4 heteroatoms. The molecule has 104 valence electrons. The Morgan fingerprint density at radius 1 is 1.25 bits per heavy atom. The number of carbonyl (C=O) groups excluding carboxylic acids is 1. The van der Waals surface area contributed by atoms with Crippen molar-refractivity contribution < 1.29 is 4.79 Å². The van der Waals surface area contributed by atoms with Crippen LogP contribution < -0.4 is 5.32 Å². The van der Waals surface area contributed by atoms with E-state index in [2.05, 4.69) is 52.2 Å². The highest BCUT2D eigenvalue weighted by molar-refractivity contribution is 9.10. The third-order valence-corrected chi connectivity index (χ3v) is 3.81. The molecule has 3 nitrogen and oxygen atoms in total. The molecule has 0 fully saturated rings. The van der Waals surface area contributed by atoms with E-state index in [-0.39, 0.29) is 5.91 Å². The maximum atomic E-state index is 12.0. The van der Waals surface area contributed by atoms with Crippen molar-refractivity contribution in [3.05, 3.63) is 58.3 Å². The van der Waals surface area contributed by atoms with Gasteiger partial charge in [-0.15, -0.1) is 0 Å². The predicted molar refractivity (Wildman–Crippen MR) is 85.0 cm³/mol. The first-order chi connectivity index (χ1) is 9.60. The van der Waals surface area contributed by atoms with E-state index in [9.17, 15) is 4.79 Å². The quantitative estimate of drug-likeness (QED) is 0.830. The summed E-state index contributed by atoms with van der Waals surface area (Å²) < 4.78 is 0.715. The molecule has 0 aliphatic heterocycles. The van der Waals surface area contributed by atoms with E-state index >= 15 is 0 Å². The van der Waals surface area contributed by atoms with E-state index in [0.29, 0.717) is 16.1 Å². The second kappa shape index (κ2) is 6.66. The SMILES string of the molecule is CCC(C)c1ccc(NC(=O)c2ccc(Br)nc2)cc1. The van der Waals surface area contributed by atoms with Crippen molar-refractivity contribution in [3.8, 4) is 0 Å². The Labute approximate surface area is 127 Å². The summed E-state index contributed by atoms with van der Waals surface area (Å²) in [6, 6.07) is 11.5. The van der Waals surface area contributed by atoms with Crippen LogP contribution in [0.2, 0.25) is 0 Å². The van der Waals surface area contributed by atoms with Crippen LogP contribution in [0, 0.1) is 0 Å². The summed E-state index contributed by atoms with van der Waals surface area (Å²) in [6.45, 7) is 4.36. The number of nitrogens with one attached hydrogen (secondary N) is 1. The van der Waals surface area contributed by atoms with Crippen molar-refractivity contribution in [2.24, 2.45) is 0 Å². The van der Waals surface area contributed by atoms with Gasteiger partial charge in [-0.25, -0.2) is 4.98 Å². The summed E-state index contributed by atoms with van der Waals surface area (Å²) in [5.74, 6) is 0.386. The van der Waals surface area contributed by atoms with Gasteiger partial charge in [-0.05, 0) is 58.1 Å². The van der Waals surface area contributed by atoms with Crippen molar-refractivity contribution >= 4 is 27.5 Å². The first kappa shape index (κ1) is 14.7. The highest BCUT2D eigenvalue weighted by atomic mass is 79.9. The summed E-state index contributed by atoms with van der Waals surface area (Å²) in [5, 5.41) is 2.87. The number of rotatable bonds is 4. The lowest BCUT2D eigenvalue weighted by Crippen LogP contribution is -2.12. The van der Waals surface area contributed by atoms with Crippen molar-refractivity contribution in [2.75, 3.05) is 5.32 Å². The molecule has 2 aromatic rings. The van der Waals surface area contributed by atoms with Gasteiger partial charge in [-0.1, -0.05) is 26.0 Å². The van der Waals surface area contributed by atoms with Crippen LogP contribution in [0.3, 0.4) is 0 Å². The molecule has 0 aliphatic rings. The number of anilines is 1. The van der Waals surface area contributed by atoms with Crippen LogP contribution >= 0.6 is 15.9 Å². The molecule has 20 heavy (non-hydrogen) atoms. The van der Waals surface area contributed by atoms with Gasteiger partial charge in [-0.2, -0.15) is 0 Å². The number of aromatic nitrogens is 1. The number of benzene rings is 1. The largest absolute Gasteiger partial charge is 0.322 e. The van der Waals surface area contributed by atoms with E-state index in [1.54, 1.807) is 18.3 Å². The van der Waals surface area contributed by atoms with E-state index in [1.807, 2.05) is 12.1 Å². The predicted octanol–water partition coefficient (Wildman–Crippen LogP) is 4.61. The van der Waals surface area contributed by atoms with E-state index in [1.165, 1.54) is 5.56 Å². The zero-order chi connectivity index (χ0) is 14.5. The van der Waals surface area contributed by atoms with Gasteiger partial charge in [0.1, 0.15) is 4.60 Å². The van der Waals surface area contributed by atoms with Crippen molar-refractivity contribution in [1.29, 1.82) is 0 Å². The van der Waals surface area contributed by atoms with Gasteiger partial charge in [0.05, 0.1) is 5.56 Å². The molecule has 0 spiro atoms. The molecular formula is C16H17BrN2O. The Hall–Kier alpha value is -1.68. The minimum Gasteiger partial charge on any atom is -0.322 e. The van der Waals surface area contributed by atoms with Crippen molar-refractivity contribution in [1.82, 2.24) is 4.98 Å². The summed E-state index contributed by atoms with van der Waals surface area (Å²) in [7, 11) is 0. The standard InChI is InChI=1S/C16H17BrN2O/c1-3-11(2)12-4-7-14(8-5-12)19-16(20)13-6-9-15(17)18-10-13/h4-11H,3H2,1-2H3,(H,19,20). The van der Waals surface area contributed by atoms with Crippen LogP contribution in [-0.4, -0.2) is 10.9 Å². The van der Waals surface area contributed by atoms with Gasteiger partial charge in [0, 0.05) is 11.9 Å². The fraction of sp³-hybridized carbons (Fsp3) is 0.250. The molecule has 0 saturated carbocycles. The first-order valence-corrected chi connectivity index (χ1v) is 7.42. The Bertz CT molecular complexity index is 578. The Morgan fingerprint density at radius 2 is 1.95 bits per heavy atom. The number of hydrogen-bond donors (Lipinski definition) is 1. The normalized spacial score (nSPS) is 11.9. The molecule has 1 unspecified atom stereocenters. The number of hydrogen-bond acceptors (Lipinski definition) is 2. The highest BCUT2D eigenvalue weighted by Crippen LogP contribution is 2.20. The molecule has 1 N–H and O–H groups in total. The topological polar surface area (TPSA) is 42.0 Å². The zero-order valence-electron chi connectivity index (χ0n) is 11.6. The summed E-state index contributed by atoms with van der Waals surface area (Å²) in [5.41, 5.74) is 2.62. The second-order valence-electron chi connectivity index (χ2n) is 4.76. The highest BCUT2D eigenvalue weighted by Gasteiger charge is 2.07. The van der Waals surface area contributed by atoms with Crippen LogP contribution in [0.4, 0.5) is 5.69 Å². The maximum Gasteiger partial charge on any atom is 0.257 e. The van der Waals surface area contributed by atoms with Crippen molar-refractivity contribution in [3.63, 3.8) is 0 Å². The molecule has 1 aromatic carbocycles. The monoisotopic (exact) mass is 332 g/mol. The van der Waals surface area contributed by atoms with Gasteiger partial charge < -0.3 is 5.32 Å². The molecule has 1 atom stereocenters. The first-order valence-electron chi connectivity index (χ1n) is 6.63. The fourth-order valence-corrected chi connectivity index (χ4v) is 2.08. The average Bonchev–Trinajstić information content (AvgIpc) is 2.48. The molecular weight excluding hydrogens is 316 g/mol. The van der Waals surface area contributed by atoms with Crippen LogP contribution in [-0.2, 0) is 0 Å². The smallest absolute Gasteiger partial charge is 0.257 e. The Kier molecular flexibility index (Phi) is 4.90. The summed E-state index contributed by atoms with van der Waals surface area (Å²) >= 11 is 3.25. The van der Waals surface area contributed by atoms with Gasteiger partial charge in [0.15, 0.2) is 0 Å². The van der Waals surface area contributed by atoms with E-state index < -0.39 is 0 Å². The van der Waals surface area contributed by atoms with Gasteiger partial charge in [0.25, 0.3) is 5.91 Å². The molecule has 2 rings (SSSR count). The summed E-state index contributed by atoms with van der Waals surface area (Å²) in [4.78, 5) is 16.1. The molecule has 0 bridgehead atoms.